The number of Topliss-reactive ketones (excluding diaryl/α,β-unsaturated/α-hetero) is 1. The van der Waals surface area contributed by atoms with Crippen LogP contribution in [0.5, 0.6) is 0 Å². The number of nitrogens with zero attached hydrogens (tertiary/aromatic N) is 1. The predicted molar refractivity (Wildman–Crippen MR) is 56.9 cm³/mol. The molecule has 5 heteroatoms. The van der Waals surface area contributed by atoms with Crippen molar-refractivity contribution in [3.63, 3.8) is 0 Å². The third-order valence-corrected chi connectivity index (χ3v) is 2.50. The number of ether oxygens (including phenoxy) is 1. The van der Waals surface area contributed by atoms with Crippen LogP contribution in [0.2, 0.25) is 0 Å². The fourth-order valence-corrected chi connectivity index (χ4v) is 1.54. The topological polar surface area (TPSA) is 46.6 Å². The molecule has 0 spiro atoms. The molecule has 1 amide bonds. The van der Waals surface area contributed by atoms with E-state index in [9.17, 15) is 14.0 Å². The summed E-state index contributed by atoms with van der Waals surface area (Å²) in [5, 5.41) is 0. The van der Waals surface area contributed by atoms with E-state index in [1.807, 2.05) is 0 Å². The van der Waals surface area contributed by atoms with Crippen LogP contribution >= 0.6 is 0 Å². The monoisotopic (exact) mass is 231 g/mol. The summed E-state index contributed by atoms with van der Waals surface area (Å²) in [6.45, 7) is 6.47. The maximum Gasteiger partial charge on any atom is 0.410 e. The largest absolute Gasteiger partial charge is 0.444 e. The molecule has 0 aromatic carbocycles. The average Bonchev–Trinajstić information content (AvgIpc) is 2.46. The summed E-state index contributed by atoms with van der Waals surface area (Å²) >= 11 is 0. The molecule has 1 saturated heterocycles. The molecule has 0 N–H and O–H groups in total. The van der Waals surface area contributed by atoms with Crippen molar-refractivity contribution in [2.45, 2.75) is 45.4 Å². The van der Waals surface area contributed by atoms with Crippen molar-refractivity contribution in [1.82, 2.24) is 4.90 Å². The first-order valence-corrected chi connectivity index (χ1v) is 5.32. The van der Waals surface area contributed by atoms with Gasteiger partial charge in [-0.05, 0) is 27.7 Å². The number of rotatable bonds is 1. The third kappa shape index (κ3) is 2.93. The second-order valence-electron chi connectivity index (χ2n) is 5.17. The number of likely N-dealkylation sites (tertiary alicyclic amines) is 1. The Hall–Kier alpha value is -1.13. The molecule has 92 valence electrons. The molecule has 1 aliphatic rings. The number of hydrogen-bond donors (Lipinski definition) is 0. The van der Waals surface area contributed by atoms with Gasteiger partial charge in [-0.25, -0.2) is 9.18 Å². The van der Waals surface area contributed by atoms with Crippen LogP contribution in [0, 0.1) is 0 Å². The Morgan fingerprint density at radius 1 is 1.38 bits per heavy atom. The molecular weight excluding hydrogens is 213 g/mol. The highest BCUT2D eigenvalue weighted by molar-refractivity contribution is 5.86. The summed E-state index contributed by atoms with van der Waals surface area (Å²) in [6.07, 6.45) is -0.505. The molecule has 0 bridgehead atoms. The van der Waals surface area contributed by atoms with Crippen molar-refractivity contribution in [1.29, 1.82) is 0 Å². The highest BCUT2D eigenvalue weighted by atomic mass is 19.1. The third-order valence-electron chi connectivity index (χ3n) is 2.50. The number of alkyl halides is 1. The molecule has 1 aliphatic heterocycles. The quantitative estimate of drug-likeness (QED) is 0.692. The first-order valence-electron chi connectivity index (χ1n) is 5.32. The van der Waals surface area contributed by atoms with Crippen LogP contribution in [-0.4, -0.2) is 41.1 Å². The lowest BCUT2D eigenvalue weighted by Gasteiger charge is -2.24. The SMILES string of the molecule is CC(=O)[C@]1(F)CCN(C(=O)OC(C)(C)C)C1. The fraction of sp³-hybridized carbons (Fsp3) is 0.818. The fourth-order valence-electron chi connectivity index (χ4n) is 1.54. The first-order chi connectivity index (χ1) is 7.14. The van der Waals surface area contributed by atoms with Crippen LogP contribution < -0.4 is 0 Å². The number of carbonyl (C=O) groups is 2. The van der Waals surface area contributed by atoms with Crippen molar-refractivity contribution in [3.8, 4) is 0 Å². The second kappa shape index (κ2) is 4.03. The van der Waals surface area contributed by atoms with Gasteiger partial charge in [0.05, 0.1) is 6.54 Å². The Balaban J connectivity index is 2.60. The van der Waals surface area contributed by atoms with E-state index in [0.29, 0.717) is 0 Å². The highest BCUT2D eigenvalue weighted by Gasteiger charge is 2.45. The molecule has 0 aromatic heterocycles. The lowest BCUT2D eigenvalue weighted by molar-refractivity contribution is -0.127. The summed E-state index contributed by atoms with van der Waals surface area (Å²) < 4.78 is 19.0. The first kappa shape index (κ1) is 12.9. The van der Waals surface area contributed by atoms with Crippen LogP contribution in [0.3, 0.4) is 0 Å². The molecular formula is C11H18FNO3. The van der Waals surface area contributed by atoms with E-state index in [0.717, 1.165) is 0 Å². The van der Waals surface area contributed by atoms with Crippen LogP contribution in [0.25, 0.3) is 0 Å². The number of amides is 1. The van der Waals surface area contributed by atoms with Crippen LogP contribution in [0.1, 0.15) is 34.1 Å². The summed E-state index contributed by atoms with van der Waals surface area (Å²) in [5.41, 5.74) is -2.49. The summed E-state index contributed by atoms with van der Waals surface area (Å²) in [5.74, 6) is -0.529. The van der Waals surface area contributed by atoms with Gasteiger partial charge in [0.15, 0.2) is 11.5 Å². The zero-order chi connectivity index (χ0) is 12.6. The predicted octanol–water partition coefficient (Wildman–Crippen LogP) is 1.92. The van der Waals surface area contributed by atoms with Gasteiger partial charge in [0.2, 0.25) is 0 Å². The molecule has 0 unspecified atom stereocenters. The Kier molecular flexibility index (Phi) is 3.26. The molecule has 0 aliphatic carbocycles. The molecule has 0 radical (unpaired) electrons. The minimum absolute atomic E-state index is 0.0571. The van der Waals surface area contributed by atoms with E-state index in [-0.39, 0.29) is 19.5 Å². The van der Waals surface area contributed by atoms with E-state index in [2.05, 4.69) is 0 Å². The minimum atomic E-state index is -1.89. The van der Waals surface area contributed by atoms with Crippen LogP contribution in [0.4, 0.5) is 9.18 Å². The number of halogens is 1. The molecule has 0 saturated carbocycles. The second-order valence-corrected chi connectivity index (χ2v) is 5.17. The van der Waals surface area contributed by atoms with Crippen molar-refractivity contribution in [3.05, 3.63) is 0 Å². The van der Waals surface area contributed by atoms with E-state index in [1.165, 1.54) is 11.8 Å². The Bertz CT molecular complexity index is 311. The standard InChI is InChI=1S/C11H18FNO3/c1-8(14)11(12)5-6-13(7-11)9(15)16-10(2,3)4/h5-7H2,1-4H3/t11-/m0/s1. The summed E-state index contributed by atoms with van der Waals surface area (Å²) in [7, 11) is 0. The van der Waals surface area contributed by atoms with Crippen molar-refractivity contribution in [2.75, 3.05) is 13.1 Å². The van der Waals surface area contributed by atoms with Gasteiger partial charge in [0.25, 0.3) is 0 Å². The van der Waals surface area contributed by atoms with Gasteiger partial charge >= 0.3 is 6.09 Å². The normalized spacial score (nSPS) is 25.7. The van der Waals surface area contributed by atoms with Crippen molar-refractivity contribution < 1.29 is 18.7 Å². The zero-order valence-electron chi connectivity index (χ0n) is 10.2. The number of hydrogen-bond acceptors (Lipinski definition) is 3. The van der Waals surface area contributed by atoms with E-state index < -0.39 is 23.1 Å². The minimum Gasteiger partial charge on any atom is -0.444 e. The Morgan fingerprint density at radius 3 is 2.31 bits per heavy atom. The Labute approximate surface area is 94.7 Å². The van der Waals surface area contributed by atoms with Gasteiger partial charge in [-0.15, -0.1) is 0 Å². The van der Waals surface area contributed by atoms with Crippen LogP contribution in [0.15, 0.2) is 0 Å². The molecule has 0 aromatic rings. The van der Waals surface area contributed by atoms with Gasteiger partial charge in [-0.2, -0.15) is 0 Å². The van der Waals surface area contributed by atoms with Crippen LogP contribution in [-0.2, 0) is 9.53 Å². The molecule has 1 fully saturated rings. The lowest BCUT2D eigenvalue weighted by Crippen LogP contribution is -2.40. The number of ketones is 1. The van der Waals surface area contributed by atoms with Crippen molar-refractivity contribution >= 4 is 11.9 Å². The average molecular weight is 231 g/mol. The number of carbonyl (C=O) groups excluding carboxylic acids is 2. The van der Waals surface area contributed by atoms with Gasteiger partial charge in [-0.1, -0.05) is 0 Å². The summed E-state index contributed by atoms with van der Waals surface area (Å²) in [4.78, 5) is 23.9. The lowest BCUT2D eigenvalue weighted by atomic mass is 10.0. The molecule has 4 nitrogen and oxygen atoms in total. The molecule has 1 heterocycles. The molecule has 16 heavy (non-hydrogen) atoms. The maximum absolute atomic E-state index is 13.9. The van der Waals surface area contributed by atoms with Gasteiger partial charge < -0.3 is 9.64 Å². The smallest absolute Gasteiger partial charge is 0.410 e. The Morgan fingerprint density at radius 2 is 1.94 bits per heavy atom. The summed E-state index contributed by atoms with van der Waals surface area (Å²) in [6, 6.07) is 0. The van der Waals surface area contributed by atoms with E-state index in [4.69, 9.17) is 4.74 Å². The molecule has 1 atom stereocenters. The van der Waals surface area contributed by atoms with E-state index in [1.54, 1.807) is 20.8 Å². The zero-order valence-corrected chi connectivity index (χ0v) is 10.2. The van der Waals surface area contributed by atoms with Gasteiger partial charge in [0.1, 0.15) is 5.60 Å². The van der Waals surface area contributed by atoms with E-state index >= 15 is 0 Å². The molecule has 1 rings (SSSR count). The van der Waals surface area contributed by atoms with Crippen molar-refractivity contribution in [2.24, 2.45) is 0 Å². The van der Waals surface area contributed by atoms with Gasteiger partial charge in [-0.3, -0.25) is 4.79 Å². The highest BCUT2D eigenvalue weighted by Crippen LogP contribution is 2.27. The maximum atomic E-state index is 13.9. The van der Waals surface area contributed by atoms with Gasteiger partial charge in [0, 0.05) is 13.0 Å².